The number of nitrogens with one attached hydrogen (secondary N) is 1. The van der Waals surface area contributed by atoms with Crippen LogP contribution < -0.4 is 5.32 Å². The van der Waals surface area contributed by atoms with Gasteiger partial charge in [-0.05, 0) is 43.7 Å². The van der Waals surface area contributed by atoms with Crippen LogP contribution in [0, 0.1) is 6.92 Å². The average molecular weight is 418 g/mol. The third-order valence-electron chi connectivity index (χ3n) is 4.13. The maximum atomic E-state index is 12.6. The van der Waals surface area contributed by atoms with Crippen LogP contribution in [0.25, 0.3) is 10.2 Å². The summed E-state index contributed by atoms with van der Waals surface area (Å²) >= 11 is 1.33. The van der Waals surface area contributed by atoms with E-state index in [-0.39, 0.29) is 17.2 Å². The second-order valence-corrected chi connectivity index (χ2v) is 9.46. The van der Waals surface area contributed by atoms with Gasteiger partial charge in [0.2, 0.25) is 15.9 Å². The molecule has 0 unspecified atom stereocenters. The van der Waals surface area contributed by atoms with Crippen LogP contribution in [0.5, 0.6) is 0 Å². The van der Waals surface area contributed by atoms with Crippen molar-refractivity contribution in [1.82, 2.24) is 9.29 Å². The van der Waals surface area contributed by atoms with Gasteiger partial charge in [-0.3, -0.25) is 9.59 Å². The van der Waals surface area contributed by atoms with Crippen molar-refractivity contribution in [2.75, 3.05) is 18.9 Å². The first-order valence-corrected chi connectivity index (χ1v) is 10.7. The summed E-state index contributed by atoms with van der Waals surface area (Å²) < 4.78 is 27.2. The lowest BCUT2D eigenvalue weighted by Gasteiger charge is -2.16. The molecule has 7 nitrogen and oxygen atoms in total. The van der Waals surface area contributed by atoms with Crippen molar-refractivity contribution >= 4 is 48.4 Å². The first-order chi connectivity index (χ1) is 13.2. The first-order valence-electron chi connectivity index (χ1n) is 8.41. The molecule has 28 heavy (non-hydrogen) atoms. The van der Waals surface area contributed by atoms with E-state index in [0.717, 1.165) is 20.1 Å². The van der Waals surface area contributed by atoms with Crippen molar-refractivity contribution in [2.45, 2.75) is 18.7 Å². The Hall–Kier alpha value is -2.62. The third kappa shape index (κ3) is 4.27. The topological polar surface area (TPSA) is 96.4 Å². The molecule has 0 atom stereocenters. The number of likely N-dealkylation sites (N-methyl/N-ethyl adjacent to an activating group) is 1. The SMILES string of the molecule is CC(=O)c1ccc(S(=O)(=O)N(C)CC(=O)Nc2nc3ccc(C)cc3s2)cc1. The van der Waals surface area contributed by atoms with E-state index in [1.54, 1.807) is 0 Å². The number of aryl methyl sites for hydroxylation is 1. The maximum absolute atomic E-state index is 12.6. The number of Topliss-reactive ketones (excluding diaryl/α,β-unsaturated/α-hetero) is 1. The number of benzene rings is 2. The number of rotatable bonds is 6. The fourth-order valence-corrected chi connectivity index (χ4v) is 4.68. The van der Waals surface area contributed by atoms with E-state index in [9.17, 15) is 18.0 Å². The van der Waals surface area contributed by atoms with Crippen molar-refractivity contribution in [2.24, 2.45) is 0 Å². The van der Waals surface area contributed by atoms with Crippen LogP contribution in [0.1, 0.15) is 22.8 Å². The molecule has 146 valence electrons. The van der Waals surface area contributed by atoms with E-state index in [2.05, 4.69) is 10.3 Å². The molecule has 0 saturated carbocycles. The van der Waals surface area contributed by atoms with E-state index in [4.69, 9.17) is 0 Å². The molecule has 9 heteroatoms. The van der Waals surface area contributed by atoms with Gasteiger partial charge in [-0.1, -0.05) is 29.5 Å². The fraction of sp³-hybridized carbons (Fsp3) is 0.211. The predicted octanol–water partition coefficient (Wildman–Crippen LogP) is 3.07. The van der Waals surface area contributed by atoms with Gasteiger partial charge in [0.1, 0.15) is 0 Å². The molecular weight excluding hydrogens is 398 g/mol. The average Bonchev–Trinajstić information content (AvgIpc) is 3.02. The molecule has 0 aliphatic rings. The lowest BCUT2D eigenvalue weighted by molar-refractivity contribution is -0.116. The predicted molar refractivity (Wildman–Crippen MR) is 109 cm³/mol. The molecule has 0 spiro atoms. The van der Waals surface area contributed by atoms with Gasteiger partial charge in [-0.15, -0.1) is 0 Å². The van der Waals surface area contributed by atoms with Crippen molar-refractivity contribution in [3.63, 3.8) is 0 Å². The Balaban J connectivity index is 1.70. The minimum absolute atomic E-state index is 0.0169. The number of fused-ring (bicyclic) bond motifs is 1. The van der Waals surface area contributed by atoms with Crippen LogP contribution in [0.3, 0.4) is 0 Å². The summed E-state index contributed by atoms with van der Waals surface area (Å²) in [6.45, 7) is 3.02. The highest BCUT2D eigenvalue weighted by Gasteiger charge is 2.23. The van der Waals surface area contributed by atoms with Gasteiger partial charge in [-0.2, -0.15) is 4.31 Å². The van der Waals surface area contributed by atoms with Crippen LogP contribution in [-0.4, -0.2) is 43.0 Å². The minimum Gasteiger partial charge on any atom is -0.301 e. The number of hydrogen-bond acceptors (Lipinski definition) is 6. The van der Waals surface area contributed by atoms with Crippen molar-refractivity contribution in [1.29, 1.82) is 0 Å². The smallest absolute Gasteiger partial charge is 0.243 e. The molecule has 2 aromatic carbocycles. The molecule has 1 N–H and O–H groups in total. The van der Waals surface area contributed by atoms with E-state index in [1.165, 1.54) is 49.6 Å². The molecule has 0 aliphatic heterocycles. The van der Waals surface area contributed by atoms with Crippen LogP contribution in [-0.2, 0) is 14.8 Å². The van der Waals surface area contributed by atoms with Crippen LogP contribution >= 0.6 is 11.3 Å². The van der Waals surface area contributed by atoms with Gasteiger partial charge in [0.15, 0.2) is 10.9 Å². The summed E-state index contributed by atoms with van der Waals surface area (Å²) in [6, 6.07) is 11.4. The number of thiazole rings is 1. The Morgan fingerprint density at radius 2 is 1.82 bits per heavy atom. The zero-order valence-electron chi connectivity index (χ0n) is 15.6. The Kier molecular flexibility index (Phi) is 5.59. The minimum atomic E-state index is -3.85. The van der Waals surface area contributed by atoms with E-state index < -0.39 is 15.9 Å². The second kappa shape index (κ2) is 7.78. The largest absolute Gasteiger partial charge is 0.301 e. The van der Waals surface area contributed by atoms with Crippen molar-refractivity contribution < 1.29 is 18.0 Å². The van der Waals surface area contributed by atoms with Gasteiger partial charge in [0.05, 0.1) is 21.7 Å². The molecule has 3 rings (SSSR count). The van der Waals surface area contributed by atoms with E-state index in [0.29, 0.717) is 10.7 Å². The number of ketones is 1. The molecular formula is C19H19N3O4S2. The zero-order valence-corrected chi connectivity index (χ0v) is 17.2. The molecule has 0 saturated heterocycles. The summed E-state index contributed by atoms with van der Waals surface area (Å²) in [5.41, 5.74) is 2.29. The first kappa shape index (κ1) is 20.1. The number of carbonyl (C=O) groups excluding carboxylic acids is 2. The second-order valence-electron chi connectivity index (χ2n) is 6.38. The van der Waals surface area contributed by atoms with Crippen molar-refractivity contribution in [3.05, 3.63) is 53.6 Å². The molecule has 0 aliphatic carbocycles. The van der Waals surface area contributed by atoms with Crippen LogP contribution in [0.15, 0.2) is 47.4 Å². The zero-order chi connectivity index (χ0) is 20.5. The van der Waals surface area contributed by atoms with Crippen LogP contribution in [0.4, 0.5) is 5.13 Å². The Morgan fingerprint density at radius 3 is 2.46 bits per heavy atom. The maximum Gasteiger partial charge on any atom is 0.243 e. The number of sulfonamides is 1. The number of nitrogens with zero attached hydrogens (tertiary/aromatic N) is 2. The van der Waals surface area contributed by atoms with Crippen molar-refractivity contribution in [3.8, 4) is 0 Å². The molecule has 0 radical (unpaired) electrons. The summed E-state index contributed by atoms with van der Waals surface area (Å²) in [5, 5.41) is 3.07. The molecule has 1 heterocycles. The summed E-state index contributed by atoms with van der Waals surface area (Å²) in [4.78, 5) is 28.0. The Labute approximate surface area is 167 Å². The molecule has 3 aromatic rings. The monoisotopic (exact) mass is 417 g/mol. The lowest BCUT2D eigenvalue weighted by atomic mass is 10.2. The highest BCUT2D eigenvalue weighted by molar-refractivity contribution is 7.89. The number of carbonyl (C=O) groups is 2. The van der Waals surface area contributed by atoms with Gasteiger partial charge < -0.3 is 5.32 Å². The summed E-state index contributed by atoms with van der Waals surface area (Å²) in [7, 11) is -2.53. The Morgan fingerprint density at radius 1 is 1.14 bits per heavy atom. The van der Waals surface area contributed by atoms with E-state index in [1.807, 2.05) is 25.1 Å². The fourth-order valence-electron chi connectivity index (χ4n) is 2.57. The standard InChI is InChI=1S/C19H19N3O4S2/c1-12-4-9-16-17(10-12)27-19(20-16)21-18(24)11-22(3)28(25,26)15-7-5-14(6-8-15)13(2)23/h4-10H,11H2,1-3H3,(H,20,21,24). The molecule has 1 amide bonds. The van der Waals surface area contributed by atoms with Gasteiger partial charge in [0, 0.05) is 12.6 Å². The van der Waals surface area contributed by atoms with Gasteiger partial charge in [0.25, 0.3) is 0 Å². The quantitative estimate of drug-likeness (QED) is 0.622. The molecule has 0 bridgehead atoms. The molecule has 0 fully saturated rings. The highest BCUT2D eigenvalue weighted by atomic mass is 32.2. The number of aromatic nitrogens is 1. The summed E-state index contributed by atoms with van der Waals surface area (Å²) in [5.74, 6) is -0.634. The molecule has 1 aromatic heterocycles. The summed E-state index contributed by atoms with van der Waals surface area (Å²) in [6.07, 6.45) is 0. The third-order valence-corrected chi connectivity index (χ3v) is 6.88. The Bertz CT molecular complexity index is 1150. The van der Waals surface area contributed by atoms with Gasteiger partial charge >= 0.3 is 0 Å². The number of hydrogen-bond donors (Lipinski definition) is 1. The number of anilines is 1. The number of amides is 1. The van der Waals surface area contributed by atoms with Gasteiger partial charge in [-0.25, -0.2) is 13.4 Å². The highest BCUT2D eigenvalue weighted by Crippen LogP contribution is 2.26. The van der Waals surface area contributed by atoms with Crippen LogP contribution in [0.2, 0.25) is 0 Å². The normalized spacial score (nSPS) is 11.7. The van der Waals surface area contributed by atoms with E-state index >= 15 is 0 Å². The lowest BCUT2D eigenvalue weighted by Crippen LogP contribution is -2.34.